The lowest BCUT2D eigenvalue weighted by atomic mass is 10.1. The number of hydrogen-bond acceptors (Lipinski definition) is 18. The predicted octanol–water partition coefficient (Wildman–Crippen LogP) is -6.33. The second-order valence-electron chi connectivity index (χ2n) is 15.6. The molecule has 0 aromatic rings. The van der Waals surface area contributed by atoms with E-state index in [1.165, 1.54) is 9.80 Å². The molecule has 2 aliphatic heterocycles. The van der Waals surface area contributed by atoms with Gasteiger partial charge in [0.25, 0.3) is 0 Å². The zero-order valence-corrected chi connectivity index (χ0v) is 36.4. The summed E-state index contributed by atoms with van der Waals surface area (Å²) in [5.74, 6) is -8.44. The summed E-state index contributed by atoms with van der Waals surface area (Å²) in [5.41, 5.74) is 0. The van der Waals surface area contributed by atoms with Gasteiger partial charge in [-0.05, 0) is 0 Å². The fourth-order valence-electron chi connectivity index (χ4n) is 7.61. The molecule has 0 bridgehead atoms. The maximum absolute atomic E-state index is 14.4. The summed E-state index contributed by atoms with van der Waals surface area (Å²) in [5, 5.41) is 84.3. The number of carboxylic acid groups (broad SMARTS) is 6. The first kappa shape index (κ1) is 55.5. The number of rotatable bonds is 23. The van der Waals surface area contributed by atoms with Gasteiger partial charge < -0.3 is 61.3 Å². The fourth-order valence-corrected chi connectivity index (χ4v) is 7.61. The number of carbonyl (C=O) groups excluding carboxylic acids is 2. The summed E-state index contributed by atoms with van der Waals surface area (Å²) >= 11 is 0. The lowest BCUT2D eigenvalue weighted by Gasteiger charge is -2.38. The smallest absolute Gasteiger partial charge is 0.317 e. The van der Waals surface area contributed by atoms with Gasteiger partial charge in [-0.15, -0.1) is 0 Å². The third-order valence-corrected chi connectivity index (χ3v) is 10.9. The van der Waals surface area contributed by atoms with E-state index < -0.39 is 98.9 Å². The van der Waals surface area contributed by atoms with Crippen molar-refractivity contribution in [1.29, 1.82) is 0 Å². The molecular weight excluding hydrogens is 852 g/mol. The van der Waals surface area contributed by atoms with Gasteiger partial charge in [-0.2, -0.15) is 0 Å². The quantitative estimate of drug-likeness (QED) is 0.0456. The van der Waals surface area contributed by atoms with Crippen LogP contribution in [-0.2, 0) is 38.4 Å². The molecule has 0 saturated carbocycles. The maximum atomic E-state index is 14.4. The van der Waals surface area contributed by atoms with Crippen LogP contribution in [0.15, 0.2) is 0 Å². The summed E-state index contributed by atoms with van der Waals surface area (Å²) in [6.07, 6.45) is -1.35. The number of hydrogen-bond donors (Lipinski definition) is 10. The highest BCUT2D eigenvalue weighted by atomic mass is 16.4. The van der Waals surface area contributed by atoms with Crippen molar-refractivity contribution in [2.24, 2.45) is 0 Å². The molecule has 0 spiro atoms. The molecule has 2 rings (SSSR count). The highest BCUT2D eigenvalue weighted by Gasteiger charge is 2.35. The Hall–Kier alpha value is -4.64. The largest absolute Gasteiger partial charge is 0.481 e. The maximum Gasteiger partial charge on any atom is 0.317 e. The molecule has 0 aromatic carbocycles. The van der Waals surface area contributed by atoms with Crippen LogP contribution >= 0.6 is 0 Å². The normalized spacial score (nSPS) is 19.1. The summed E-state index contributed by atoms with van der Waals surface area (Å²) < 4.78 is 0. The van der Waals surface area contributed by atoms with E-state index >= 15 is 0 Å². The van der Waals surface area contributed by atoms with E-state index in [-0.39, 0.29) is 118 Å². The molecule has 2 atom stereocenters. The molecule has 2 fully saturated rings. The Morgan fingerprint density at radius 3 is 0.953 bits per heavy atom. The number of aliphatic hydroxyl groups is 2. The molecule has 2 aliphatic rings. The molecule has 0 aliphatic carbocycles. The Morgan fingerprint density at radius 2 is 0.672 bits per heavy atom. The van der Waals surface area contributed by atoms with Crippen molar-refractivity contribution in [2.45, 2.75) is 24.9 Å². The average Bonchev–Trinajstić information content (AvgIpc) is 3.20. The molecule has 2 amide bonds. The number of aliphatic hydroxyl groups excluding tert-OH is 2. The number of aliphatic carboxylic acids is 6. The van der Waals surface area contributed by atoms with Crippen LogP contribution in [0.2, 0.25) is 0 Å². The van der Waals surface area contributed by atoms with Crippen molar-refractivity contribution in [2.75, 3.05) is 170 Å². The highest BCUT2D eigenvalue weighted by molar-refractivity contribution is 5.87. The third-order valence-electron chi connectivity index (χ3n) is 10.9. The molecule has 26 heteroatoms. The summed E-state index contributed by atoms with van der Waals surface area (Å²) in [6, 6.07) is -2.63. The van der Waals surface area contributed by atoms with Crippen LogP contribution in [0.25, 0.3) is 0 Å². The zero-order chi connectivity index (χ0) is 47.6. The third kappa shape index (κ3) is 22.3. The Kier molecular flexibility index (Phi) is 26.4. The predicted molar refractivity (Wildman–Crippen MR) is 225 cm³/mol. The Balaban J connectivity index is 2.38. The number of carbonyl (C=O) groups is 8. The van der Waals surface area contributed by atoms with Gasteiger partial charge in [-0.25, -0.2) is 0 Å². The van der Waals surface area contributed by atoms with E-state index in [0.717, 1.165) is 0 Å². The summed E-state index contributed by atoms with van der Waals surface area (Å²) in [7, 11) is 0. The van der Waals surface area contributed by atoms with E-state index in [2.05, 4.69) is 10.6 Å². The van der Waals surface area contributed by atoms with Crippen molar-refractivity contribution in [3.05, 3.63) is 0 Å². The molecule has 2 saturated heterocycles. The zero-order valence-electron chi connectivity index (χ0n) is 36.4. The minimum Gasteiger partial charge on any atom is -0.481 e. The lowest BCUT2D eigenvalue weighted by molar-refractivity contribution is -0.148. The van der Waals surface area contributed by atoms with Gasteiger partial charge in [-0.1, -0.05) is 0 Å². The Bertz CT molecular complexity index is 1410. The minimum absolute atomic E-state index is 0.0334. The van der Waals surface area contributed by atoms with Gasteiger partial charge >= 0.3 is 35.8 Å². The van der Waals surface area contributed by atoms with Gasteiger partial charge in [0, 0.05) is 131 Å². The van der Waals surface area contributed by atoms with Crippen molar-refractivity contribution in [1.82, 2.24) is 49.8 Å². The second kappa shape index (κ2) is 30.5. The molecule has 0 radical (unpaired) electrons. The molecule has 366 valence electrons. The van der Waals surface area contributed by atoms with Gasteiger partial charge in [0.05, 0.1) is 64.3 Å². The number of nitrogens with zero attached hydrogens (tertiary/aromatic N) is 8. The summed E-state index contributed by atoms with van der Waals surface area (Å²) in [6.45, 7) is -0.463. The van der Waals surface area contributed by atoms with Gasteiger partial charge in [0.1, 0.15) is 0 Å². The highest BCUT2D eigenvalue weighted by Crippen LogP contribution is 2.14. The van der Waals surface area contributed by atoms with Crippen LogP contribution < -0.4 is 10.6 Å². The minimum atomic E-state index is -1.32. The van der Waals surface area contributed by atoms with Gasteiger partial charge in [0.15, 0.2) is 0 Å². The number of carboxylic acids is 6. The first-order chi connectivity index (χ1) is 30.4. The second-order valence-corrected chi connectivity index (χ2v) is 15.6. The van der Waals surface area contributed by atoms with Crippen LogP contribution in [0.3, 0.4) is 0 Å². The van der Waals surface area contributed by atoms with Crippen molar-refractivity contribution in [3.63, 3.8) is 0 Å². The molecule has 2 unspecified atom stereocenters. The molecular formula is C38H68N10O16. The van der Waals surface area contributed by atoms with Gasteiger partial charge in [0.2, 0.25) is 11.8 Å². The topological polar surface area (TPSA) is 348 Å². The number of nitrogens with one attached hydrogen (secondary N) is 2. The summed E-state index contributed by atoms with van der Waals surface area (Å²) in [4.78, 5) is 112. The standard InChI is InChI=1S/C38H68N10O16/c49-21-19-47(37(63)29(23-31(51)52)45-7-3-39-1-5-41(25-33(55)56)9-11-43(13-15-45)27-35(59)60)17-18-48(20-22-50)38(64)30(24-32(53)54)46-8-4-40-2-6-42(26-34(57)58)10-12-44(14-16-46)28-36(61)62/h29-30,39-40,49-50H,1-28H2,(H,51,52)(H,53,54)(H,55,56)(H,57,58)(H,59,60)(H,61,62). The molecule has 26 nitrogen and oxygen atoms in total. The molecule has 0 aromatic heterocycles. The van der Waals surface area contributed by atoms with E-state index in [1.54, 1.807) is 29.4 Å². The SMILES string of the molecule is O=C(O)CC(C(=O)N(CCO)CCN(CCO)C(=O)C(CC(=O)O)N1CCNCCN(CC(=O)O)CCN(CC(=O)O)CC1)N1CCNCCN(CC(=O)O)CCN(CC(=O)O)CC1. The van der Waals surface area contributed by atoms with Crippen LogP contribution in [-0.4, -0.2) is 310 Å². The van der Waals surface area contributed by atoms with E-state index in [9.17, 15) is 79.2 Å². The van der Waals surface area contributed by atoms with Crippen molar-refractivity contribution >= 4 is 47.6 Å². The van der Waals surface area contributed by atoms with Crippen LogP contribution in [0, 0.1) is 0 Å². The van der Waals surface area contributed by atoms with E-state index in [0.29, 0.717) is 26.2 Å². The fraction of sp³-hybridized carbons (Fsp3) is 0.789. The van der Waals surface area contributed by atoms with Crippen LogP contribution in [0.1, 0.15) is 12.8 Å². The molecule has 10 N–H and O–H groups in total. The van der Waals surface area contributed by atoms with Gasteiger partial charge in [-0.3, -0.25) is 67.8 Å². The Labute approximate surface area is 371 Å². The number of amides is 2. The van der Waals surface area contributed by atoms with Crippen LogP contribution in [0.4, 0.5) is 0 Å². The van der Waals surface area contributed by atoms with Crippen molar-refractivity contribution < 1.29 is 79.2 Å². The van der Waals surface area contributed by atoms with E-state index in [1.807, 2.05) is 0 Å². The monoisotopic (exact) mass is 920 g/mol. The van der Waals surface area contributed by atoms with Crippen LogP contribution in [0.5, 0.6) is 0 Å². The molecule has 2 heterocycles. The Morgan fingerprint density at radius 1 is 0.391 bits per heavy atom. The average molecular weight is 921 g/mol. The first-order valence-electron chi connectivity index (χ1n) is 21.3. The van der Waals surface area contributed by atoms with Crippen molar-refractivity contribution in [3.8, 4) is 0 Å². The lowest BCUT2D eigenvalue weighted by Crippen LogP contribution is -2.57. The van der Waals surface area contributed by atoms with E-state index in [4.69, 9.17) is 0 Å². The molecule has 64 heavy (non-hydrogen) atoms. The first-order valence-corrected chi connectivity index (χ1v) is 21.3.